The first-order valence-electron chi connectivity index (χ1n) is 23.7. The fourth-order valence-corrected chi connectivity index (χ4v) is 10.6. The molecule has 0 radical (unpaired) electrons. The second kappa shape index (κ2) is 16.9. The number of aromatic nitrogens is 1. The Labute approximate surface area is 401 Å². The van der Waals surface area contributed by atoms with Crippen molar-refractivity contribution in [1.82, 2.24) is 4.57 Å². The van der Waals surface area contributed by atoms with E-state index in [1.54, 1.807) is 0 Å². The van der Waals surface area contributed by atoms with Gasteiger partial charge in [-0.25, -0.2) is 0 Å². The number of fused-ring (bicyclic) bond motifs is 6. The lowest BCUT2D eigenvalue weighted by molar-refractivity contribution is 1.18. The van der Waals surface area contributed by atoms with E-state index < -0.39 is 0 Å². The lowest BCUT2D eigenvalue weighted by Crippen LogP contribution is -2.11. The maximum absolute atomic E-state index is 2.47. The summed E-state index contributed by atoms with van der Waals surface area (Å²) in [5.74, 6) is 0. The van der Waals surface area contributed by atoms with Crippen LogP contribution in [0.4, 0.5) is 34.1 Å². The zero-order valence-corrected chi connectivity index (χ0v) is 37.8. The standard InChI is InChI=1S/C66H45N3/c1-3-17-46(18-4-1)47-33-37-52(38-34-47)67(62-31-15-21-48-19-7-9-25-56(48)62)53-39-35-50(36-40-53)55-42-44-65(59-28-12-11-27-58(55)59)69(63-32-16-22-49-20-8-10-26-57(49)63)54-41-43-66-61(45-54)60-29-13-14-30-64(60)68(66)51-23-5-2-6-24-51/h1-45H. The third kappa shape index (κ3) is 6.99. The first kappa shape index (κ1) is 40.1. The van der Waals surface area contributed by atoms with Gasteiger partial charge in [0, 0.05) is 49.7 Å². The van der Waals surface area contributed by atoms with Crippen molar-refractivity contribution in [2.24, 2.45) is 0 Å². The predicted octanol–water partition coefficient (Wildman–Crippen LogP) is 18.5. The average molecular weight is 880 g/mol. The van der Waals surface area contributed by atoms with Crippen molar-refractivity contribution >= 4 is 88.2 Å². The van der Waals surface area contributed by atoms with E-state index in [0.717, 1.165) is 45.4 Å². The van der Waals surface area contributed by atoms with Crippen molar-refractivity contribution in [1.29, 1.82) is 0 Å². The van der Waals surface area contributed by atoms with Gasteiger partial charge in [0.1, 0.15) is 0 Å². The van der Waals surface area contributed by atoms with Crippen LogP contribution >= 0.6 is 0 Å². The van der Waals surface area contributed by atoms with E-state index >= 15 is 0 Å². The Morgan fingerprint density at radius 3 is 1.38 bits per heavy atom. The van der Waals surface area contributed by atoms with Crippen molar-refractivity contribution in [3.8, 4) is 27.9 Å². The van der Waals surface area contributed by atoms with Crippen molar-refractivity contribution in [2.45, 2.75) is 0 Å². The van der Waals surface area contributed by atoms with Gasteiger partial charge < -0.3 is 14.4 Å². The molecule has 3 nitrogen and oxygen atoms in total. The van der Waals surface area contributed by atoms with Gasteiger partial charge in [0.05, 0.1) is 28.1 Å². The lowest BCUT2D eigenvalue weighted by Gasteiger charge is -2.29. The maximum atomic E-state index is 2.47. The second-order valence-corrected chi connectivity index (χ2v) is 17.7. The van der Waals surface area contributed by atoms with Crippen LogP contribution < -0.4 is 9.80 Å². The molecule has 12 aromatic carbocycles. The number of anilines is 6. The molecule has 1 aromatic heterocycles. The molecule has 0 N–H and O–H groups in total. The molecule has 69 heavy (non-hydrogen) atoms. The van der Waals surface area contributed by atoms with Crippen molar-refractivity contribution in [2.75, 3.05) is 9.80 Å². The maximum Gasteiger partial charge on any atom is 0.0542 e. The van der Waals surface area contributed by atoms with Crippen LogP contribution in [-0.2, 0) is 0 Å². The van der Waals surface area contributed by atoms with E-state index in [9.17, 15) is 0 Å². The average Bonchev–Trinajstić information content (AvgIpc) is 3.76. The lowest BCUT2D eigenvalue weighted by atomic mass is 9.95. The molecular formula is C66H45N3. The minimum absolute atomic E-state index is 1.09. The smallest absolute Gasteiger partial charge is 0.0542 e. The van der Waals surface area contributed by atoms with Crippen molar-refractivity contribution < 1.29 is 0 Å². The SMILES string of the molecule is c1ccc(-c2ccc(N(c3ccc(-c4ccc(N(c5ccc6c(c5)c5ccccc5n6-c5ccccc5)c5cccc6ccccc56)c5ccccc45)cc3)c3cccc4ccccc34)cc2)cc1. The molecule has 0 saturated heterocycles. The third-order valence-electron chi connectivity index (χ3n) is 13.8. The fraction of sp³-hybridized carbons (Fsp3) is 0. The minimum atomic E-state index is 1.09. The molecule has 1 heterocycles. The Balaban J connectivity index is 0.951. The number of hydrogen-bond donors (Lipinski definition) is 0. The van der Waals surface area contributed by atoms with Crippen LogP contribution in [0.25, 0.3) is 82.1 Å². The molecule has 0 aliphatic rings. The number of para-hydroxylation sites is 2. The molecule has 0 saturated carbocycles. The van der Waals surface area contributed by atoms with E-state index in [2.05, 4.69) is 287 Å². The van der Waals surface area contributed by atoms with Crippen LogP contribution in [0.3, 0.4) is 0 Å². The molecule has 0 fully saturated rings. The van der Waals surface area contributed by atoms with Gasteiger partial charge in [-0.05, 0) is 117 Å². The Hall–Kier alpha value is -9.18. The summed E-state index contributed by atoms with van der Waals surface area (Å²) in [6.45, 7) is 0. The molecule has 13 aromatic rings. The first-order valence-corrected chi connectivity index (χ1v) is 23.7. The van der Waals surface area contributed by atoms with Gasteiger partial charge >= 0.3 is 0 Å². The van der Waals surface area contributed by atoms with Crippen LogP contribution in [0, 0.1) is 0 Å². The summed E-state index contributed by atoms with van der Waals surface area (Å²) >= 11 is 0. The van der Waals surface area contributed by atoms with Crippen molar-refractivity contribution in [3.05, 3.63) is 273 Å². The first-order chi connectivity index (χ1) is 34.2. The highest BCUT2D eigenvalue weighted by Crippen LogP contribution is 2.47. The van der Waals surface area contributed by atoms with Gasteiger partial charge in [0.15, 0.2) is 0 Å². The van der Waals surface area contributed by atoms with Crippen LogP contribution in [0.15, 0.2) is 273 Å². The molecular weight excluding hydrogens is 835 g/mol. The Bertz CT molecular complexity index is 3990. The zero-order valence-electron chi connectivity index (χ0n) is 37.8. The van der Waals surface area contributed by atoms with E-state index in [1.165, 1.54) is 70.8 Å². The number of rotatable bonds is 9. The summed E-state index contributed by atoms with van der Waals surface area (Å²) in [4.78, 5) is 4.86. The van der Waals surface area contributed by atoms with Crippen LogP contribution in [0.5, 0.6) is 0 Å². The topological polar surface area (TPSA) is 11.4 Å². The zero-order chi connectivity index (χ0) is 45.7. The van der Waals surface area contributed by atoms with E-state index in [0.29, 0.717) is 0 Å². The minimum Gasteiger partial charge on any atom is -0.310 e. The predicted molar refractivity (Wildman–Crippen MR) is 294 cm³/mol. The molecule has 0 unspecified atom stereocenters. The Morgan fingerprint density at radius 1 is 0.246 bits per heavy atom. The summed E-state index contributed by atoms with van der Waals surface area (Å²) in [6.07, 6.45) is 0. The molecule has 3 heteroatoms. The van der Waals surface area contributed by atoms with Gasteiger partial charge in [-0.15, -0.1) is 0 Å². The molecule has 0 bridgehead atoms. The number of nitrogens with zero attached hydrogens (tertiary/aromatic N) is 3. The van der Waals surface area contributed by atoms with Gasteiger partial charge in [-0.3, -0.25) is 0 Å². The highest BCUT2D eigenvalue weighted by molar-refractivity contribution is 6.13. The van der Waals surface area contributed by atoms with Crippen LogP contribution in [0.1, 0.15) is 0 Å². The van der Waals surface area contributed by atoms with Gasteiger partial charge in [0.25, 0.3) is 0 Å². The quantitative estimate of drug-likeness (QED) is 0.143. The summed E-state index contributed by atoms with van der Waals surface area (Å²) in [5, 5.41) is 9.61. The Morgan fingerprint density at radius 2 is 0.710 bits per heavy atom. The van der Waals surface area contributed by atoms with Gasteiger partial charge in [0.2, 0.25) is 0 Å². The molecule has 0 spiro atoms. The molecule has 13 rings (SSSR count). The molecule has 0 aliphatic carbocycles. The molecule has 324 valence electrons. The molecule has 0 atom stereocenters. The van der Waals surface area contributed by atoms with E-state index in [1.807, 2.05) is 0 Å². The van der Waals surface area contributed by atoms with Gasteiger partial charge in [-0.2, -0.15) is 0 Å². The summed E-state index contributed by atoms with van der Waals surface area (Å²) in [5.41, 5.74) is 14.9. The largest absolute Gasteiger partial charge is 0.310 e. The summed E-state index contributed by atoms with van der Waals surface area (Å²) in [6, 6.07) is 99.2. The molecule has 0 aliphatic heterocycles. The van der Waals surface area contributed by atoms with E-state index in [-0.39, 0.29) is 0 Å². The van der Waals surface area contributed by atoms with Crippen molar-refractivity contribution in [3.63, 3.8) is 0 Å². The van der Waals surface area contributed by atoms with Gasteiger partial charge in [-0.1, -0.05) is 194 Å². The number of hydrogen-bond acceptors (Lipinski definition) is 2. The van der Waals surface area contributed by atoms with E-state index in [4.69, 9.17) is 0 Å². The normalized spacial score (nSPS) is 11.5. The summed E-state index contributed by atoms with van der Waals surface area (Å²) in [7, 11) is 0. The third-order valence-corrected chi connectivity index (χ3v) is 13.8. The second-order valence-electron chi connectivity index (χ2n) is 17.7. The fourth-order valence-electron chi connectivity index (χ4n) is 10.6. The Kier molecular flexibility index (Phi) is 9.84. The summed E-state index contributed by atoms with van der Waals surface area (Å²) < 4.78 is 2.38. The van der Waals surface area contributed by atoms with Crippen LogP contribution in [-0.4, -0.2) is 4.57 Å². The highest BCUT2D eigenvalue weighted by Gasteiger charge is 2.22. The number of benzene rings is 12. The molecule has 0 amide bonds. The monoisotopic (exact) mass is 879 g/mol. The highest BCUT2D eigenvalue weighted by atomic mass is 15.2. The van der Waals surface area contributed by atoms with Crippen LogP contribution in [0.2, 0.25) is 0 Å².